The summed E-state index contributed by atoms with van der Waals surface area (Å²) in [7, 11) is 0. The van der Waals surface area contributed by atoms with Gasteiger partial charge in [0.1, 0.15) is 12.1 Å². The molecule has 0 spiro atoms. The van der Waals surface area contributed by atoms with Gasteiger partial charge < -0.3 is 26.6 Å². The summed E-state index contributed by atoms with van der Waals surface area (Å²) in [5.41, 5.74) is 7.49. The van der Waals surface area contributed by atoms with E-state index in [-0.39, 0.29) is 25.7 Å². The zero-order valence-electron chi connectivity index (χ0n) is 17.4. The molecule has 3 atom stereocenters. The molecule has 2 aromatic carbocycles. The van der Waals surface area contributed by atoms with Crippen molar-refractivity contribution in [3.63, 3.8) is 0 Å². The zero-order valence-corrected chi connectivity index (χ0v) is 17.4. The molecule has 9 nitrogen and oxygen atoms in total. The van der Waals surface area contributed by atoms with Crippen molar-refractivity contribution in [2.24, 2.45) is 5.73 Å². The molecular weight excluding hydrogens is 414 g/mol. The average molecular weight is 441 g/mol. The van der Waals surface area contributed by atoms with E-state index in [1.165, 1.54) is 0 Å². The Kier molecular flexibility index (Phi) is 9.37. The fourth-order valence-electron chi connectivity index (χ4n) is 3.10. The van der Waals surface area contributed by atoms with Gasteiger partial charge in [-0.2, -0.15) is 0 Å². The minimum atomic E-state index is -1.24. The first kappa shape index (κ1) is 24.5. The zero-order chi connectivity index (χ0) is 23.5. The standard InChI is InChI=1S/C23H27N3O6/c24-17(13-15-7-3-1-4-8-15)21(29)25-18(11-12-20(27)28)22(30)26-19(23(31)32)14-16-9-5-2-6-10-16/h1-10,17-19H,11-14,24H2,(H,25,29)(H,26,30)(H,27,28)(H,31,32). The molecule has 0 aliphatic carbocycles. The van der Waals surface area contributed by atoms with Gasteiger partial charge in [-0.1, -0.05) is 60.7 Å². The number of carbonyl (C=O) groups excluding carboxylic acids is 2. The lowest BCUT2D eigenvalue weighted by molar-refractivity contribution is -0.143. The van der Waals surface area contributed by atoms with Crippen LogP contribution in [0.5, 0.6) is 0 Å². The SMILES string of the molecule is NC(Cc1ccccc1)C(=O)NC(CCC(=O)O)C(=O)NC(Cc1ccccc1)C(=O)O. The van der Waals surface area contributed by atoms with Crippen molar-refractivity contribution >= 4 is 23.8 Å². The second kappa shape index (κ2) is 12.2. The highest BCUT2D eigenvalue weighted by Crippen LogP contribution is 2.07. The number of aliphatic carboxylic acids is 2. The molecule has 3 unspecified atom stereocenters. The summed E-state index contributed by atoms with van der Waals surface area (Å²) in [4.78, 5) is 47.9. The number of hydrogen-bond acceptors (Lipinski definition) is 5. The van der Waals surface area contributed by atoms with Crippen LogP contribution in [0, 0.1) is 0 Å². The van der Waals surface area contributed by atoms with Gasteiger partial charge in [0.25, 0.3) is 0 Å². The molecule has 0 saturated heterocycles. The minimum absolute atomic E-state index is 0.0367. The van der Waals surface area contributed by atoms with E-state index in [0.717, 1.165) is 5.56 Å². The first-order valence-corrected chi connectivity index (χ1v) is 10.1. The van der Waals surface area contributed by atoms with E-state index < -0.39 is 41.9 Å². The smallest absolute Gasteiger partial charge is 0.326 e. The molecule has 2 aromatic rings. The normalized spacial score (nSPS) is 13.4. The molecule has 2 amide bonds. The van der Waals surface area contributed by atoms with Crippen molar-refractivity contribution in [1.29, 1.82) is 0 Å². The number of carbonyl (C=O) groups is 4. The van der Waals surface area contributed by atoms with E-state index in [0.29, 0.717) is 5.56 Å². The third kappa shape index (κ3) is 8.19. The largest absolute Gasteiger partial charge is 0.481 e. The lowest BCUT2D eigenvalue weighted by Gasteiger charge is -2.22. The van der Waals surface area contributed by atoms with Gasteiger partial charge in [0.15, 0.2) is 0 Å². The van der Waals surface area contributed by atoms with E-state index in [4.69, 9.17) is 10.8 Å². The first-order chi connectivity index (χ1) is 15.3. The van der Waals surface area contributed by atoms with E-state index in [2.05, 4.69) is 10.6 Å². The minimum Gasteiger partial charge on any atom is -0.481 e. The highest BCUT2D eigenvalue weighted by atomic mass is 16.4. The van der Waals surface area contributed by atoms with Gasteiger partial charge in [-0.05, 0) is 24.0 Å². The van der Waals surface area contributed by atoms with Gasteiger partial charge in [0, 0.05) is 12.8 Å². The molecule has 170 valence electrons. The summed E-state index contributed by atoms with van der Waals surface area (Å²) in [5.74, 6) is -3.81. The highest BCUT2D eigenvalue weighted by Gasteiger charge is 2.28. The van der Waals surface area contributed by atoms with Crippen LogP contribution >= 0.6 is 0 Å². The fourth-order valence-corrected chi connectivity index (χ4v) is 3.10. The molecule has 0 bridgehead atoms. The van der Waals surface area contributed by atoms with Gasteiger partial charge in [0.05, 0.1) is 6.04 Å². The Morgan fingerprint density at radius 2 is 1.25 bits per heavy atom. The summed E-state index contributed by atoms with van der Waals surface area (Å²) in [6.45, 7) is 0. The van der Waals surface area contributed by atoms with Crippen molar-refractivity contribution in [3.8, 4) is 0 Å². The first-order valence-electron chi connectivity index (χ1n) is 10.1. The van der Waals surface area contributed by atoms with Gasteiger partial charge in [-0.15, -0.1) is 0 Å². The van der Waals surface area contributed by atoms with Crippen LogP contribution in [-0.2, 0) is 32.0 Å². The average Bonchev–Trinajstić information content (AvgIpc) is 2.77. The van der Waals surface area contributed by atoms with Crippen molar-refractivity contribution in [2.75, 3.05) is 0 Å². The molecular formula is C23H27N3O6. The molecule has 0 aliphatic heterocycles. The maximum atomic E-state index is 12.8. The Hall–Kier alpha value is -3.72. The van der Waals surface area contributed by atoms with Crippen LogP contribution in [0.4, 0.5) is 0 Å². The molecule has 32 heavy (non-hydrogen) atoms. The van der Waals surface area contributed by atoms with Crippen molar-refractivity contribution in [3.05, 3.63) is 71.8 Å². The van der Waals surface area contributed by atoms with Crippen LogP contribution in [0.15, 0.2) is 60.7 Å². The summed E-state index contributed by atoms with van der Waals surface area (Å²) < 4.78 is 0. The predicted octanol–water partition coefficient (Wildman–Crippen LogP) is 0.718. The molecule has 0 heterocycles. The van der Waals surface area contributed by atoms with E-state index in [9.17, 15) is 24.3 Å². The molecule has 0 fully saturated rings. The Balaban J connectivity index is 2.06. The number of carboxylic acid groups (broad SMARTS) is 2. The van der Waals surface area contributed by atoms with Gasteiger partial charge in [-0.3, -0.25) is 14.4 Å². The Morgan fingerprint density at radius 1 is 0.750 bits per heavy atom. The van der Waals surface area contributed by atoms with Gasteiger partial charge >= 0.3 is 11.9 Å². The number of benzene rings is 2. The van der Waals surface area contributed by atoms with Crippen LogP contribution in [0.2, 0.25) is 0 Å². The van der Waals surface area contributed by atoms with Crippen molar-refractivity contribution in [2.45, 2.75) is 43.8 Å². The molecule has 9 heteroatoms. The topological polar surface area (TPSA) is 159 Å². The molecule has 0 aliphatic rings. The van der Waals surface area contributed by atoms with Crippen LogP contribution in [0.1, 0.15) is 24.0 Å². The number of nitrogens with two attached hydrogens (primary N) is 1. The van der Waals surface area contributed by atoms with E-state index in [1.54, 1.807) is 30.3 Å². The van der Waals surface area contributed by atoms with E-state index in [1.807, 2.05) is 30.3 Å². The maximum absolute atomic E-state index is 12.8. The van der Waals surface area contributed by atoms with Crippen molar-refractivity contribution in [1.82, 2.24) is 10.6 Å². The van der Waals surface area contributed by atoms with Crippen LogP contribution in [0.3, 0.4) is 0 Å². The third-order valence-electron chi connectivity index (χ3n) is 4.81. The predicted molar refractivity (Wildman–Crippen MR) is 117 cm³/mol. The highest BCUT2D eigenvalue weighted by molar-refractivity contribution is 5.92. The lowest BCUT2D eigenvalue weighted by Crippen LogP contribution is -2.55. The van der Waals surface area contributed by atoms with Crippen LogP contribution in [0.25, 0.3) is 0 Å². The monoisotopic (exact) mass is 441 g/mol. The summed E-state index contributed by atoms with van der Waals surface area (Å²) in [6, 6.07) is 14.4. The number of hydrogen-bond donors (Lipinski definition) is 5. The Labute approximate surface area is 185 Å². The molecule has 2 rings (SSSR count). The summed E-state index contributed by atoms with van der Waals surface area (Å²) >= 11 is 0. The summed E-state index contributed by atoms with van der Waals surface area (Å²) in [5, 5.41) is 23.3. The van der Waals surface area contributed by atoms with Gasteiger partial charge in [0.2, 0.25) is 11.8 Å². The quantitative estimate of drug-likeness (QED) is 0.324. The second-order valence-corrected chi connectivity index (χ2v) is 7.38. The fraction of sp³-hybridized carbons (Fsp3) is 0.304. The van der Waals surface area contributed by atoms with Crippen LogP contribution < -0.4 is 16.4 Å². The van der Waals surface area contributed by atoms with Crippen molar-refractivity contribution < 1.29 is 29.4 Å². The maximum Gasteiger partial charge on any atom is 0.326 e. The molecule has 0 radical (unpaired) electrons. The van der Waals surface area contributed by atoms with Crippen LogP contribution in [-0.4, -0.2) is 52.1 Å². The Bertz CT molecular complexity index is 920. The lowest BCUT2D eigenvalue weighted by atomic mass is 10.0. The number of carboxylic acids is 2. The third-order valence-corrected chi connectivity index (χ3v) is 4.81. The number of amides is 2. The van der Waals surface area contributed by atoms with E-state index >= 15 is 0 Å². The molecule has 0 saturated carbocycles. The number of rotatable bonds is 12. The molecule has 6 N–H and O–H groups in total. The summed E-state index contributed by atoms with van der Waals surface area (Å²) in [6.07, 6.45) is -0.327. The Morgan fingerprint density at radius 3 is 1.75 bits per heavy atom. The second-order valence-electron chi connectivity index (χ2n) is 7.38. The number of nitrogens with one attached hydrogen (secondary N) is 2. The molecule has 0 aromatic heterocycles. The van der Waals surface area contributed by atoms with Gasteiger partial charge in [-0.25, -0.2) is 4.79 Å².